The topological polar surface area (TPSA) is 124 Å². The van der Waals surface area contributed by atoms with Gasteiger partial charge in [0.05, 0.1) is 11.9 Å². The van der Waals surface area contributed by atoms with Crippen molar-refractivity contribution < 1.29 is 22.7 Å². The largest absolute Gasteiger partial charge is 0.369 e. The molecule has 5 N–H and O–H groups in total. The number of benzene rings is 1. The summed E-state index contributed by atoms with van der Waals surface area (Å²) in [4.78, 5) is 20.2. The van der Waals surface area contributed by atoms with Gasteiger partial charge in [0.2, 0.25) is 5.96 Å². The average molecular weight is 411 g/mol. The Morgan fingerprint density at radius 3 is 2.64 bits per heavy atom. The molecule has 2 heterocycles. The van der Waals surface area contributed by atoms with Gasteiger partial charge in [-0.05, 0) is 37.3 Å². The van der Waals surface area contributed by atoms with Crippen LogP contribution in [-0.4, -0.2) is 43.1 Å². The van der Waals surface area contributed by atoms with Crippen LogP contribution in [0.4, 0.5) is 14.5 Å². The molecule has 8 nitrogen and oxygen atoms in total. The fourth-order valence-electron chi connectivity index (χ4n) is 2.84. The molecule has 2 aromatic rings. The molecule has 1 aliphatic rings. The standard InChI is InChI=1S/C17H19F2N5O3S/c1-17(9-28(26,27)24(2)16(20)23-17)12-7-11(4-5-13(12)19)22-15(25)14-6-3-10(18)8-21-14/h3-8,26-27H,9H2,1-2H3,(H2,20,23)(H,22,25)/t17-/m0/s1. The van der Waals surface area contributed by atoms with Gasteiger partial charge >= 0.3 is 0 Å². The fraction of sp³-hybridized carbons (Fsp3) is 0.235. The Bertz CT molecular complexity index is 954. The van der Waals surface area contributed by atoms with Crippen molar-refractivity contribution in [1.82, 2.24) is 9.29 Å². The SMILES string of the molecule is CN1C(N)=N[C@](C)(c2cc(NC(=O)c3ccc(F)cn3)ccc2F)CS1(O)O. The Balaban J connectivity index is 1.94. The molecule has 3 rings (SSSR count). The van der Waals surface area contributed by atoms with Gasteiger partial charge in [0.25, 0.3) is 5.91 Å². The molecule has 0 bridgehead atoms. The van der Waals surface area contributed by atoms with Crippen LogP contribution in [0.15, 0.2) is 41.5 Å². The van der Waals surface area contributed by atoms with Crippen molar-refractivity contribution in [2.24, 2.45) is 10.7 Å². The third-order valence-corrected chi connectivity index (χ3v) is 6.38. The minimum Gasteiger partial charge on any atom is -0.369 e. The molecule has 1 aliphatic heterocycles. The number of nitrogens with two attached hydrogens (primary N) is 1. The summed E-state index contributed by atoms with van der Waals surface area (Å²) in [6.45, 7) is 1.52. The second-order valence-corrected chi connectivity index (χ2v) is 8.63. The number of carbonyl (C=O) groups excluding carboxylic acids is 1. The second-order valence-electron chi connectivity index (χ2n) is 6.53. The van der Waals surface area contributed by atoms with Crippen LogP contribution in [0, 0.1) is 11.6 Å². The first-order valence-corrected chi connectivity index (χ1v) is 9.77. The Morgan fingerprint density at radius 2 is 2.04 bits per heavy atom. The Kier molecular flexibility index (Phi) is 5.00. The molecule has 0 radical (unpaired) electrons. The van der Waals surface area contributed by atoms with Gasteiger partial charge in [0.1, 0.15) is 22.9 Å². The monoisotopic (exact) mass is 411 g/mol. The summed E-state index contributed by atoms with van der Waals surface area (Å²) in [5.74, 6) is -2.25. The quantitative estimate of drug-likeness (QED) is 0.616. The zero-order valence-electron chi connectivity index (χ0n) is 15.1. The molecule has 1 atom stereocenters. The molecule has 1 amide bonds. The predicted molar refractivity (Wildman–Crippen MR) is 103 cm³/mol. The van der Waals surface area contributed by atoms with Gasteiger partial charge in [-0.25, -0.2) is 23.1 Å². The van der Waals surface area contributed by atoms with Crippen LogP contribution >= 0.6 is 10.8 Å². The van der Waals surface area contributed by atoms with Gasteiger partial charge in [-0.2, -0.15) is 0 Å². The zero-order valence-corrected chi connectivity index (χ0v) is 15.9. The molecular weight excluding hydrogens is 392 g/mol. The fourth-order valence-corrected chi connectivity index (χ4v) is 4.35. The molecule has 0 unspecified atom stereocenters. The zero-order chi connectivity index (χ0) is 20.7. The van der Waals surface area contributed by atoms with Crippen LogP contribution in [0.5, 0.6) is 0 Å². The van der Waals surface area contributed by atoms with E-state index in [0.717, 1.165) is 22.6 Å². The summed E-state index contributed by atoms with van der Waals surface area (Å²) in [5, 5.41) is 2.54. The Labute approximate surface area is 161 Å². The summed E-state index contributed by atoms with van der Waals surface area (Å²) in [7, 11) is -1.90. The highest BCUT2D eigenvalue weighted by atomic mass is 32.3. The number of guanidine groups is 1. The van der Waals surface area contributed by atoms with Crippen molar-refractivity contribution in [1.29, 1.82) is 0 Å². The lowest BCUT2D eigenvalue weighted by atomic mass is 9.93. The number of anilines is 1. The number of aliphatic imine (C=N–C) groups is 1. The van der Waals surface area contributed by atoms with Gasteiger partial charge < -0.3 is 11.1 Å². The number of hydrogen-bond donors (Lipinski definition) is 4. The summed E-state index contributed by atoms with van der Waals surface area (Å²) >= 11 is 0. The van der Waals surface area contributed by atoms with E-state index in [1.807, 2.05) is 0 Å². The van der Waals surface area contributed by atoms with E-state index < -0.39 is 33.9 Å². The third-order valence-electron chi connectivity index (χ3n) is 4.36. The first kappa shape index (κ1) is 20.0. The number of hydrogen-bond acceptors (Lipinski definition) is 7. The Morgan fingerprint density at radius 1 is 1.32 bits per heavy atom. The van der Waals surface area contributed by atoms with Crippen molar-refractivity contribution in [3.8, 4) is 0 Å². The van der Waals surface area contributed by atoms with Crippen molar-refractivity contribution in [2.45, 2.75) is 12.5 Å². The second kappa shape index (κ2) is 7.00. The average Bonchev–Trinajstić information content (AvgIpc) is 2.61. The molecule has 0 fully saturated rings. The van der Waals surface area contributed by atoms with E-state index in [2.05, 4.69) is 15.3 Å². The van der Waals surface area contributed by atoms with Crippen molar-refractivity contribution in [2.75, 3.05) is 18.1 Å². The van der Waals surface area contributed by atoms with Gasteiger partial charge in [-0.3, -0.25) is 13.9 Å². The summed E-state index contributed by atoms with van der Waals surface area (Å²) in [6.07, 6.45) is 0.910. The van der Waals surface area contributed by atoms with Gasteiger partial charge in [0.15, 0.2) is 0 Å². The minimum atomic E-state index is -3.29. The van der Waals surface area contributed by atoms with E-state index in [0.29, 0.717) is 0 Å². The van der Waals surface area contributed by atoms with Gasteiger partial charge in [-0.15, -0.1) is 10.8 Å². The highest BCUT2D eigenvalue weighted by molar-refractivity contribution is 8.22. The van der Waals surface area contributed by atoms with Crippen LogP contribution < -0.4 is 11.1 Å². The summed E-state index contributed by atoms with van der Waals surface area (Å²) in [5.41, 5.74) is 4.67. The number of amides is 1. The van der Waals surface area contributed by atoms with E-state index in [-0.39, 0.29) is 28.7 Å². The van der Waals surface area contributed by atoms with Crippen LogP contribution in [0.3, 0.4) is 0 Å². The highest BCUT2D eigenvalue weighted by Gasteiger charge is 2.41. The number of halogens is 2. The van der Waals surface area contributed by atoms with E-state index in [4.69, 9.17) is 5.73 Å². The molecule has 1 aromatic carbocycles. The van der Waals surface area contributed by atoms with E-state index >= 15 is 0 Å². The maximum Gasteiger partial charge on any atom is 0.274 e. The number of nitrogens with zero attached hydrogens (tertiary/aromatic N) is 3. The van der Waals surface area contributed by atoms with Crippen molar-refractivity contribution in [3.63, 3.8) is 0 Å². The summed E-state index contributed by atoms with van der Waals surface area (Å²) < 4.78 is 49.1. The van der Waals surface area contributed by atoms with Crippen LogP contribution in [-0.2, 0) is 5.54 Å². The normalized spacial score (nSPS) is 22.4. The van der Waals surface area contributed by atoms with Crippen LogP contribution in [0.25, 0.3) is 0 Å². The first-order chi connectivity index (χ1) is 13.0. The summed E-state index contributed by atoms with van der Waals surface area (Å²) in [6, 6.07) is 6.12. The predicted octanol–water partition coefficient (Wildman–Crippen LogP) is 2.75. The lowest BCUT2D eigenvalue weighted by molar-refractivity contribution is 0.102. The molecule has 28 heavy (non-hydrogen) atoms. The lowest BCUT2D eigenvalue weighted by Crippen LogP contribution is -2.48. The number of aromatic nitrogens is 1. The molecule has 0 spiro atoms. The van der Waals surface area contributed by atoms with Gasteiger partial charge in [-0.1, -0.05) is 0 Å². The van der Waals surface area contributed by atoms with Crippen LogP contribution in [0.2, 0.25) is 0 Å². The Hall–Kier alpha value is -2.76. The smallest absolute Gasteiger partial charge is 0.274 e. The maximum absolute atomic E-state index is 14.5. The molecule has 0 aliphatic carbocycles. The van der Waals surface area contributed by atoms with E-state index in [9.17, 15) is 22.7 Å². The molecule has 150 valence electrons. The number of pyridine rings is 1. The molecule has 0 saturated carbocycles. The number of rotatable bonds is 3. The molecule has 1 aromatic heterocycles. The highest BCUT2D eigenvalue weighted by Crippen LogP contribution is 2.51. The van der Waals surface area contributed by atoms with Crippen LogP contribution in [0.1, 0.15) is 23.0 Å². The maximum atomic E-state index is 14.5. The first-order valence-electron chi connectivity index (χ1n) is 8.10. The third kappa shape index (κ3) is 3.77. The number of carbonyl (C=O) groups is 1. The number of nitrogens with one attached hydrogen (secondary N) is 1. The van der Waals surface area contributed by atoms with Crippen molar-refractivity contribution >= 4 is 28.3 Å². The van der Waals surface area contributed by atoms with Crippen molar-refractivity contribution in [3.05, 3.63) is 59.4 Å². The van der Waals surface area contributed by atoms with E-state index in [1.165, 1.54) is 32.2 Å². The molecule has 11 heteroatoms. The van der Waals surface area contributed by atoms with E-state index in [1.54, 1.807) is 0 Å². The van der Waals surface area contributed by atoms with Gasteiger partial charge in [0, 0.05) is 18.3 Å². The lowest BCUT2D eigenvalue weighted by Gasteiger charge is -2.49. The molecular formula is C17H19F2N5O3S. The molecule has 0 saturated heterocycles. The minimum absolute atomic E-state index is 0.0192.